The molecule has 0 aliphatic carbocycles. The van der Waals surface area contributed by atoms with Gasteiger partial charge in [0.05, 0.1) is 0 Å². The van der Waals surface area contributed by atoms with E-state index in [0.29, 0.717) is 18.5 Å². The number of aromatic hydroxyl groups is 1. The van der Waals surface area contributed by atoms with Crippen LogP contribution in [0.4, 0.5) is 10.1 Å². The number of phenolic OH excluding ortho intramolecular Hbond substituents is 1. The summed E-state index contributed by atoms with van der Waals surface area (Å²) in [7, 11) is 1.87. The Hall–Kier alpha value is -2.36. The minimum atomic E-state index is -0.400. The fraction of sp³-hybridized carbons (Fsp3) is 0.188. The van der Waals surface area contributed by atoms with Crippen molar-refractivity contribution in [2.45, 2.75) is 6.42 Å². The predicted octanol–water partition coefficient (Wildman–Crippen LogP) is 3.24. The summed E-state index contributed by atoms with van der Waals surface area (Å²) >= 11 is 0. The second-order valence-electron chi connectivity index (χ2n) is 4.62. The van der Waals surface area contributed by atoms with Gasteiger partial charge < -0.3 is 10.0 Å². The lowest BCUT2D eigenvalue weighted by molar-refractivity contribution is 0.0984. The predicted molar refractivity (Wildman–Crippen MR) is 76.7 cm³/mol. The molecule has 0 spiro atoms. The van der Waals surface area contributed by atoms with E-state index in [9.17, 15) is 14.3 Å². The maximum absolute atomic E-state index is 13.0. The zero-order valence-electron chi connectivity index (χ0n) is 11.2. The number of benzene rings is 2. The lowest BCUT2D eigenvalue weighted by atomic mass is 10.1. The Morgan fingerprint density at radius 1 is 1.20 bits per heavy atom. The molecule has 0 saturated carbocycles. The van der Waals surface area contributed by atoms with Crippen molar-refractivity contribution in [1.82, 2.24) is 0 Å². The number of phenols is 1. The van der Waals surface area contributed by atoms with Crippen LogP contribution in [0.15, 0.2) is 48.5 Å². The van der Waals surface area contributed by atoms with Crippen molar-refractivity contribution >= 4 is 11.5 Å². The van der Waals surface area contributed by atoms with Gasteiger partial charge in [-0.3, -0.25) is 4.79 Å². The molecule has 0 unspecified atom stereocenters. The van der Waals surface area contributed by atoms with Gasteiger partial charge in [0.25, 0.3) is 0 Å². The van der Waals surface area contributed by atoms with Crippen molar-refractivity contribution in [2.75, 3.05) is 18.5 Å². The summed E-state index contributed by atoms with van der Waals surface area (Å²) in [5.41, 5.74) is 1.30. The summed E-state index contributed by atoms with van der Waals surface area (Å²) < 4.78 is 13.0. The molecule has 2 aromatic carbocycles. The van der Waals surface area contributed by atoms with E-state index >= 15 is 0 Å². The van der Waals surface area contributed by atoms with Gasteiger partial charge in [0.15, 0.2) is 5.78 Å². The Kier molecular flexibility index (Phi) is 4.35. The molecule has 0 bridgehead atoms. The highest BCUT2D eigenvalue weighted by Gasteiger charge is 2.09. The first kappa shape index (κ1) is 14.1. The SMILES string of the molecule is CN(CCC(=O)c1cccc(F)c1)c1ccc(O)cc1. The largest absolute Gasteiger partial charge is 0.508 e. The van der Waals surface area contributed by atoms with Crippen LogP contribution in [0.3, 0.4) is 0 Å². The van der Waals surface area contributed by atoms with Crippen LogP contribution >= 0.6 is 0 Å². The second-order valence-corrected chi connectivity index (χ2v) is 4.62. The molecular weight excluding hydrogens is 257 g/mol. The molecule has 0 radical (unpaired) electrons. The third-order valence-electron chi connectivity index (χ3n) is 3.11. The summed E-state index contributed by atoms with van der Waals surface area (Å²) in [5, 5.41) is 9.22. The Bertz CT molecular complexity index is 596. The van der Waals surface area contributed by atoms with E-state index in [1.807, 2.05) is 11.9 Å². The van der Waals surface area contributed by atoms with Crippen molar-refractivity contribution < 1.29 is 14.3 Å². The van der Waals surface area contributed by atoms with Crippen LogP contribution < -0.4 is 4.90 Å². The van der Waals surface area contributed by atoms with Crippen LogP contribution in [0.1, 0.15) is 16.8 Å². The summed E-state index contributed by atoms with van der Waals surface area (Å²) in [5.74, 6) is -0.282. The molecule has 0 heterocycles. The minimum Gasteiger partial charge on any atom is -0.508 e. The van der Waals surface area contributed by atoms with Crippen molar-refractivity contribution in [3.8, 4) is 5.75 Å². The van der Waals surface area contributed by atoms with Crippen molar-refractivity contribution in [3.05, 3.63) is 59.9 Å². The first-order valence-electron chi connectivity index (χ1n) is 6.35. The Labute approximate surface area is 117 Å². The lowest BCUT2D eigenvalue weighted by Crippen LogP contribution is -2.21. The van der Waals surface area contributed by atoms with E-state index in [1.54, 1.807) is 30.3 Å². The summed E-state index contributed by atoms with van der Waals surface area (Å²) in [6.45, 7) is 0.528. The Morgan fingerprint density at radius 2 is 1.90 bits per heavy atom. The van der Waals surface area contributed by atoms with Crippen LogP contribution in [-0.2, 0) is 0 Å². The number of hydrogen-bond acceptors (Lipinski definition) is 3. The summed E-state index contributed by atoms with van der Waals surface area (Å²) in [6.07, 6.45) is 0.306. The van der Waals surface area contributed by atoms with Gasteiger partial charge in [0.2, 0.25) is 0 Å². The molecule has 1 N–H and O–H groups in total. The summed E-state index contributed by atoms with van der Waals surface area (Å²) in [4.78, 5) is 13.9. The minimum absolute atomic E-state index is 0.0878. The molecule has 2 rings (SSSR count). The number of Topliss-reactive ketones (excluding diaryl/α,β-unsaturated/α-hetero) is 1. The van der Waals surface area contributed by atoms with E-state index < -0.39 is 5.82 Å². The van der Waals surface area contributed by atoms with Gasteiger partial charge in [0, 0.05) is 31.3 Å². The second kappa shape index (κ2) is 6.19. The summed E-state index contributed by atoms with van der Waals surface area (Å²) in [6, 6.07) is 12.5. The molecule has 0 aliphatic rings. The number of nitrogens with zero attached hydrogens (tertiary/aromatic N) is 1. The maximum Gasteiger partial charge on any atom is 0.164 e. The number of anilines is 1. The van der Waals surface area contributed by atoms with Gasteiger partial charge in [-0.15, -0.1) is 0 Å². The van der Waals surface area contributed by atoms with E-state index in [4.69, 9.17) is 0 Å². The quantitative estimate of drug-likeness (QED) is 0.850. The van der Waals surface area contributed by atoms with E-state index in [-0.39, 0.29) is 11.5 Å². The first-order chi connectivity index (χ1) is 9.56. The first-order valence-corrected chi connectivity index (χ1v) is 6.35. The molecule has 0 fully saturated rings. The molecule has 0 saturated heterocycles. The Morgan fingerprint density at radius 3 is 2.55 bits per heavy atom. The Balaban J connectivity index is 1.94. The number of carbonyl (C=O) groups excluding carboxylic acids is 1. The van der Waals surface area contributed by atoms with Gasteiger partial charge in [0.1, 0.15) is 11.6 Å². The van der Waals surface area contributed by atoms with E-state index in [1.165, 1.54) is 18.2 Å². The van der Waals surface area contributed by atoms with Gasteiger partial charge in [-0.25, -0.2) is 4.39 Å². The van der Waals surface area contributed by atoms with Crippen LogP contribution in [0, 0.1) is 5.82 Å². The number of hydrogen-bond donors (Lipinski definition) is 1. The molecule has 0 atom stereocenters. The van der Waals surface area contributed by atoms with Crippen molar-refractivity contribution in [3.63, 3.8) is 0 Å². The topological polar surface area (TPSA) is 40.5 Å². The van der Waals surface area contributed by atoms with Gasteiger partial charge in [-0.05, 0) is 36.4 Å². The molecule has 0 aliphatic heterocycles. The molecule has 0 aromatic heterocycles. The van der Waals surface area contributed by atoms with Crippen LogP contribution in [-0.4, -0.2) is 24.5 Å². The molecule has 20 heavy (non-hydrogen) atoms. The van der Waals surface area contributed by atoms with E-state index in [0.717, 1.165) is 5.69 Å². The lowest BCUT2D eigenvalue weighted by Gasteiger charge is -2.18. The molecule has 4 heteroatoms. The fourth-order valence-electron chi connectivity index (χ4n) is 1.91. The number of carbonyl (C=O) groups is 1. The average molecular weight is 273 g/mol. The molecule has 104 valence electrons. The van der Waals surface area contributed by atoms with Crippen molar-refractivity contribution in [2.24, 2.45) is 0 Å². The van der Waals surface area contributed by atoms with Crippen molar-refractivity contribution in [1.29, 1.82) is 0 Å². The molecule has 3 nitrogen and oxygen atoms in total. The zero-order valence-corrected chi connectivity index (χ0v) is 11.2. The van der Waals surface area contributed by atoms with E-state index in [2.05, 4.69) is 0 Å². The van der Waals surface area contributed by atoms with Gasteiger partial charge in [-0.2, -0.15) is 0 Å². The highest BCUT2D eigenvalue weighted by Crippen LogP contribution is 2.17. The third kappa shape index (κ3) is 3.57. The molecule has 2 aromatic rings. The third-order valence-corrected chi connectivity index (χ3v) is 3.11. The zero-order chi connectivity index (χ0) is 14.5. The van der Waals surface area contributed by atoms with Gasteiger partial charge in [-0.1, -0.05) is 12.1 Å². The highest BCUT2D eigenvalue weighted by atomic mass is 19.1. The smallest absolute Gasteiger partial charge is 0.164 e. The van der Waals surface area contributed by atoms with Crippen LogP contribution in [0.5, 0.6) is 5.75 Å². The number of rotatable bonds is 5. The fourth-order valence-corrected chi connectivity index (χ4v) is 1.91. The monoisotopic (exact) mass is 273 g/mol. The maximum atomic E-state index is 13.0. The number of ketones is 1. The standard InChI is InChI=1S/C16H16FNO2/c1-18(14-5-7-15(19)8-6-14)10-9-16(20)12-3-2-4-13(17)11-12/h2-8,11,19H,9-10H2,1H3. The highest BCUT2D eigenvalue weighted by molar-refractivity contribution is 5.96. The van der Waals surface area contributed by atoms with Crippen LogP contribution in [0.2, 0.25) is 0 Å². The number of halogens is 1. The van der Waals surface area contributed by atoms with Gasteiger partial charge >= 0.3 is 0 Å². The normalized spacial score (nSPS) is 10.3. The molecular formula is C16H16FNO2. The van der Waals surface area contributed by atoms with Crippen LogP contribution in [0.25, 0.3) is 0 Å². The average Bonchev–Trinajstić information content (AvgIpc) is 2.45. The molecule has 0 amide bonds.